The smallest absolute Gasteiger partial charge is 0.264 e. The monoisotopic (exact) mass is 663 g/mol. The van der Waals surface area contributed by atoms with Crippen LogP contribution >= 0.6 is 31.9 Å². The first kappa shape index (κ1) is 29.9. The quantitative estimate of drug-likeness (QED) is 0.287. The normalized spacial score (nSPS) is 12.0. The maximum atomic E-state index is 13.8. The minimum absolute atomic E-state index is 0.0759. The topological polar surface area (TPSA) is 86.8 Å². The van der Waals surface area contributed by atoms with Gasteiger partial charge in [-0.05, 0) is 74.4 Å². The van der Waals surface area contributed by atoms with Crippen molar-refractivity contribution in [2.75, 3.05) is 17.4 Å². The fourth-order valence-electron chi connectivity index (χ4n) is 3.74. The van der Waals surface area contributed by atoms with Gasteiger partial charge in [-0.2, -0.15) is 0 Å². The van der Waals surface area contributed by atoms with Gasteiger partial charge in [-0.3, -0.25) is 13.9 Å². The van der Waals surface area contributed by atoms with Crippen LogP contribution in [0.5, 0.6) is 0 Å². The number of aryl methyl sites for hydroxylation is 1. The molecule has 3 aromatic carbocycles. The van der Waals surface area contributed by atoms with Crippen LogP contribution in [-0.2, 0) is 26.2 Å². The third kappa shape index (κ3) is 7.68. The number of carbonyl (C=O) groups excluding carboxylic acids is 2. The number of benzene rings is 3. The van der Waals surface area contributed by atoms with E-state index in [9.17, 15) is 18.0 Å². The van der Waals surface area contributed by atoms with Crippen LogP contribution in [0.4, 0.5) is 5.69 Å². The summed E-state index contributed by atoms with van der Waals surface area (Å²) in [6.07, 6.45) is 0.755. The van der Waals surface area contributed by atoms with Crippen LogP contribution < -0.4 is 9.62 Å². The number of halogens is 2. The van der Waals surface area contributed by atoms with Gasteiger partial charge in [-0.25, -0.2) is 8.42 Å². The van der Waals surface area contributed by atoms with Crippen LogP contribution in [0, 0.1) is 6.92 Å². The number of rotatable bonds is 11. The zero-order valence-electron chi connectivity index (χ0n) is 21.5. The van der Waals surface area contributed by atoms with Gasteiger partial charge in [-0.1, -0.05) is 68.6 Å². The Morgan fingerprint density at radius 3 is 2.00 bits per heavy atom. The molecular weight excluding hydrogens is 634 g/mol. The first-order valence-electron chi connectivity index (χ1n) is 12.2. The molecule has 0 aromatic heterocycles. The number of amides is 2. The summed E-state index contributed by atoms with van der Waals surface area (Å²) in [6, 6.07) is 19.8. The summed E-state index contributed by atoms with van der Waals surface area (Å²) in [5.41, 5.74) is 2.07. The highest BCUT2D eigenvalue weighted by Crippen LogP contribution is 2.26. The average molecular weight is 665 g/mol. The fourth-order valence-corrected chi connectivity index (χ4v) is 5.68. The van der Waals surface area contributed by atoms with E-state index >= 15 is 0 Å². The molecule has 38 heavy (non-hydrogen) atoms. The molecule has 0 bridgehead atoms. The molecule has 0 spiro atoms. The molecule has 0 heterocycles. The Hall–Kier alpha value is -2.69. The van der Waals surface area contributed by atoms with Gasteiger partial charge in [0.15, 0.2) is 0 Å². The van der Waals surface area contributed by atoms with E-state index in [1.54, 1.807) is 43.3 Å². The highest BCUT2D eigenvalue weighted by molar-refractivity contribution is 9.10. The molecule has 3 rings (SSSR count). The van der Waals surface area contributed by atoms with E-state index < -0.39 is 28.5 Å². The first-order chi connectivity index (χ1) is 18.0. The fraction of sp³-hybridized carbons (Fsp3) is 0.286. The number of nitrogens with one attached hydrogen (secondary N) is 1. The summed E-state index contributed by atoms with van der Waals surface area (Å²) >= 11 is 6.79. The van der Waals surface area contributed by atoms with Gasteiger partial charge in [0.25, 0.3) is 10.0 Å². The molecule has 0 saturated heterocycles. The van der Waals surface area contributed by atoms with Gasteiger partial charge in [0.05, 0.1) is 10.6 Å². The summed E-state index contributed by atoms with van der Waals surface area (Å²) in [7, 11) is -4.09. The van der Waals surface area contributed by atoms with Crippen LogP contribution in [-0.4, -0.2) is 44.3 Å². The highest BCUT2D eigenvalue weighted by atomic mass is 79.9. The SMILES string of the molecule is CCCNC(=O)[C@@H](C)N(Cc1ccc(Br)cc1)C(=O)CN(c1ccc(Br)cc1)S(=O)(=O)c1ccc(C)cc1. The zero-order valence-corrected chi connectivity index (χ0v) is 25.5. The lowest BCUT2D eigenvalue weighted by molar-refractivity contribution is -0.139. The highest BCUT2D eigenvalue weighted by Gasteiger charge is 2.32. The van der Waals surface area contributed by atoms with Crippen molar-refractivity contribution < 1.29 is 18.0 Å². The van der Waals surface area contributed by atoms with E-state index in [0.29, 0.717) is 12.2 Å². The molecule has 3 aromatic rings. The third-order valence-electron chi connectivity index (χ3n) is 5.99. The van der Waals surface area contributed by atoms with Gasteiger partial charge in [0, 0.05) is 22.0 Å². The predicted octanol–water partition coefficient (Wildman–Crippen LogP) is 5.66. The molecule has 202 valence electrons. The molecule has 0 aliphatic carbocycles. The maximum Gasteiger partial charge on any atom is 0.264 e. The van der Waals surface area contributed by atoms with E-state index in [0.717, 1.165) is 30.8 Å². The summed E-state index contributed by atoms with van der Waals surface area (Å²) in [5, 5.41) is 2.84. The van der Waals surface area contributed by atoms with Crippen molar-refractivity contribution in [3.05, 3.63) is 92.9 Å². The summed E-state index contributed by atoms with van der Waals surface area (Å²) < 4.78 is 30.3. The minimum atomic E-state index is -4.09. The van der Waals surface area contributed by atoms with E-state index in [2.05, 4.69) is 37.2 Å². The zero-order chi connectivity index (χ0) is 27.9. The van der Waals surface area contributed by atoms with Gasteiger partial charge in [0.2, 0.25) is 11.8 Å². The number of hydrogen-bond acceptors (Lipinski definition) is 4. The molecule has 1 atom stereocenters. The molecular formula is C28H31Br2N3O4S. The van der Waals surface area contributed by atoms with Gasteiger partial charge >= 0.3 is 0 Å². The number of hydrogen-bond donors (Lipinski definition) is 1. The number of anilines is 1. The molecule has 0 saturated carbocycles. The van der Waals surface area contributed by atoms with E-state index in [-0.39, 0.29) is 17.3 Å². The molecule has 0 radical (unpaired) electrons. The second-order valence-electron chi connectivity index (χ2n) is 8.92. The molecule has 1 N–H and O–H groups in total. The largest absolute Gasteiger partial charge is 0.354 e. The lowest BCUT2D eigenvalue weighted by atomic mass is 10.1. The van der Waals surface area contributed by atoms with Crippen molar-refractivity contribution in [1.82, 2.24) is 10.2 Å². The lowest BCUT2D eigenvalue weighted by Crippen LogP contribution is -2.51. The predicted molar refractivity (Wildman–Crippen MR) is 157 cm³/mol. The molecule has 0 aliphatic rings. The molecule has 0 aliphatic heterocycles. The van der Waals surface area contributed by atoms with Crippen molar-refractivity contribution >= 4 is 59.4 Å². The van der Waals surface area contributed by atoms with Crippen molar-refractivity contribution in [2.24, 2.45) is 0 Å². The molecule has 0 unspecified atom stereocenters. The Kier molecular flexibility index (Phi) is 10.5. The standard InChI is InChI=1S/C28H31Br2N3O4S/c1-4-17-31-28(35)21(3)32(18-22-7-9-23(29)10-8-22)27(34)19-33(25-13-11-24(30)12-14-25)38(36,37)26-15-5-20(2)6-16-26/h5-16,21H,4,17-19H2,1-3H3,(H,31,35)/t21-/m1/s1. The Balaban J connectivity index is 2.00. The molecule has 7 nitrogen and oxygen atoms in total. The van der Waals surface area contributed by atoms with Crippen molar-refractivity contribution in [1.29, 1.82) is 0 Å². The summed E-state index contributed by atoms with van der Waals surface area (Å²) in [6.45, 7) is 5.63. The van der Waals surface area contributed by atoms with E-state index in [1.807, 2.05) is 38.1 Å². The third-order valence-corrected chi connectivity index (χ3v) is 8.83. The van der Waals surface area contributed by atoms with E-state index in [4.69, 9.17) is 0 Å². The van der Waals surface area contributed by atoms with Crippen LogP contribution in [0.1, 0.15) is 31.4 Å². The summed E-state index contributed by atoms with van der Waals surface area (Å²) in [5.74, 6) is -0.792. The van der Waals surface area contributed by atoms with Gasteiger partial charge in [0.1, 0.15) is 12.6 Å². The Morgan fingerprint density at radius 1 is 0.895 bits per heavy atom. The number of nitrogens with zero attached hydrogens (tertiary/aromatic N) is 2. The van der Waals surface area contributed by atoms with Crippen LogP contribution in [0.25, 0.3) is 0 Å². The Morgan fingerprint density at radius 2 is 1.45 bits per heavy atom. The van der Waals surface area contributed by atoms with E-state index in [1.165, 1.54) is 17.0 Å². The average Bonchev–Trinajstić information content (AvgIpc) is 2.90. The molecule has 0 fully saturated rings. The van der Waals surface area contributed by atoms with Gasteiger partial charge < -0.3 is 10.2 Å². The van der Waals surface area contributed by atoms with Crippen LogP contribution in [0.3, 0.4) is 0 Å². The van der Waals surface area contributed by atoms with Gasteiger partial charge in [-0.15, -0.1) is 0 Å². The maximum absolute atomic E-state index is 13.8. The number of sulfonamides is 1. The van der Waals surface area contributed by atoms with Crippen molar-refractivity contribution in [2.45, 2.75) is 44.7 Å². The molecule has 10 heteroatoms. The van der Waals surface area contributed by atoms with Crippen LogP contribution in [0.2, 0.25) is 0 Å². The first-order valence-corrected chi connectivity index (χ1v) is 15.2. The number of carbonyl (C=O) groups is 2. The van der Waals surface area contributed by atoms with Crippen molar-refractivity contribution in [3.8, 4) is 0 Å². The second kappa shape index (κ2) is 13.4. The molecule has 2 amide bonds. The van der Waals surface area contributed by atoms with Crippen LogP contribution in [0.15, 0.2) is 86.6 Å². The Labute approximate surface area is 241 Å². The van der Waals surface area contributed by atoms with Crippen molar-refractivity contribution in [3.63, 3.8) is 0 Å². The lowest BCUT2D eigenvalue weighted by Gasteiger charge is -2.32. The minimum Gasteiger partial charge on any atom is -0.354 e. The second-order valence-corrected chi connectivity index (χ2v) is 12.6. The summed E-state index contributed by atoms with van der Waals surface area (Å²) in [4.78, 5) is 28.2. The Bertz CT molecular complexity index is 1350.